The average Bonchev–Trinajstić information content (AvgIpc) is 3.11. The topological polar surface area (TPSA) is 52.6 Å². The number of rotatable bonds is 2. The number of carbonyl (C=O) groups excluding carboxylic acids is 2. The maximum Gasteiger partial charge on any atom is 0.303 e. The van der Waals surface area contributed by atoms with Crippen LogP contribution in [0, 0.1) is 6.92 Å². The van der Waals surface area contributed by atoms with Gasteiger partial charge in [0.1, 0.15) is 0 Å². The van der Waals surface area contributed by atoms with E-state index >= 15 is 0 Å². The van der Waals surface area contributed by atoms with Crippen molar-refractivity contribution in [2.24, 2.45) is 0 Å². The second-order valence-corrected chi connectivity index (χ2v) is 7.90. The van der Waals surface area contributed by atoms with E-state index in [9.17, 15) is 9.59 Å². The van der Waals surface area contributed by atoms with Crippen LogP contribution in [0.3, 0.4) is 0 Å². The molecule has 3 aromatic rings. The molecule has 0 amide bonds. The van der Waals surface area contributed by atoms with Crippen LogP contribution in [-0.4, -0.2) is 18.0 Å². The summed E-state index contributed by atoms with van der Waals surface area (Å²) < 4.78 is 11.0. The molecule has 0 saturated carbocycles. The van der Waals surface area contributed by atoms with Crippen LogP contribution >= 0.6 is 0 Å². The molecule has 0 saturated heterocycles. The van der Waals surface area contributed by atoms with E-state index < -0.39 is 24.1 Å². The van der Waals surface area contributed by atoms with Gasteiger partial charge in [-0.15, -0.1) is 0 Å². The van der Waals surface area contributed by atoms with Gasteiger partial charge in [0.15, 0.2) is 12.2 Å². The van der Waals surface area contributed by atoms with Gasteiger partial charge in [0.25, 0.3) is 0 Å². The number of benzene rings is 3. The molecule has 4 nitrogen and oxygen atoms in total. The Balaban J connectivity index is 1.80. The predicted molar refractivity (Wildman–Crippen MR) is 113 cm³/mol. The van der Waals surface area contributed by atoms with Crippen molar-refractivity contribution in [2.45, 2.75) is 45.8 Å². The van der Waals surface area contributed by atoms with E-state index in [0.717, 1.165) is 24.0 Å². The van der Waals surface area contributed by atoms with Crippen LogP contribution in [0.25, 0.3) is 27.6 Å². The van der Waals surface area contributed by atoms with E-state index in [-0.39, 0.29) is 0 Å². The molecule has 2 aliphatic carbocycles. The minimum absolute atomic E-state index is 0.396. The van der Waals surface area contributed by atoms with Gasteiger partial charge in [-0.2, -0.15) is 0 Å². The lowest BCUT2D eigenvalue weighted by atomic mass is 9.84. The average molecular weight is 386 g/mol. The highest BCUT2D eigenvalue weighted by Crippen LogP contribution is 2.44. The third kappa shape index (κ3) is 2.66. The van der Waals surface area contributed by atoms with Gasteiger partial charge in [-0.25, -0.2) is 0 Å². The van der Waals surface area contributed by atoms with E-state index in [1.165, 1.54) is 52.1 Å². The Morgan fingerprint density at radius 1 is 0.931 bits per heavy atom. The zero-order valence-corrected chi connectivity index (χ0v) is 16.7. The van der Waals surface area contributed by atoms with Crippen molar-refractivity contribution >= 4 is 39.6 Å². The lowest BCUT2D eigenvalue weighted by molar-refractivity contribution is -0.162. The third-order valence-electron chi connectivity index (χ3n) is 6.13. The molecule has 29 heavy (non-hydrogen) atoms. The zero-order chi connectivity index (χ0) is 20.3. The summed E-state index contributed by atoms with van der Waals surface area (Å²) in [5.74, 6) is -0.795. The van der Waals surface area contributed by atoms with E-state index in [4.69, 9.17) is 9.47 Å². The van der Waals surface area contributed by atoms with Crippen molar-refractivity contribution in [3.05, 3.63) is 64.2 Å². The van der Waals surface area contributed by atoms with E-state index in [0.29, 0.717) is 0 Å². The fourth-order valence-corrected chi connectivity index (χ4v) is 5.06. The van der Waals surface area contributed by atoms with Crippen molar-refractivity contribution in [2.75, 3.05) is 0 Å². The van der Waals surface area contributed by atoms with Gasteiger partial charge in [-0.1, -0.05) is 36.4 Å². The van der Waals surface area contributed by atoms with Gasteiger partial charge >= 0.3 is 11.9 Å². The standard InChI is InChI=1S/C25H22O4/c1-13-17-6-4-5-16-7-8-19(24(16)17)18-9-10-21-20(23(13)18)11-12-22(28-14(2)26)25(21)29-15(3)27/h4-6,9-12,22,25H,7-8H2,1-3H3/t22-,25-/m0/s1. The molecule has 0 N–H and O–H groups in total. The zero-order valence-electron chi connectivity index (χ0n) is 16.7. The summed E-state index contributed by atoms with van der Waals surface area (Å²) in [5.41, 5.74) is 5.98. The summed E-state index contributed by atoms with van der Waals surface area (Å²) >= 11 is 0. The van der Waals surface area contributed by atoms with Gasteiger partial charge in [-0.3, -0.25) is 9.59 Å². The number of carbonyl (C=O) groups is 2. The van der Waals surface area contributed by atoms with Crippen molar-refractivity contribution < 1.29 is 19.1 Å². The van der Waals surface area contributed by atoms with Crippen molar-refractivity contribution in [3.63, 3.8) is 0 Å². The fraction of sp³-hybridized carbons (Fsp3) is 0.280. The fourth-order valence-electron chi connectivity index (χ4n) is 5.06. The molecule has 0 fully saturated rings. The van der Waals surface area contributed by atoms with Crippen LogP contribution in [-0.2, 0) is 31.9 Å². The summed E-state index contributed by atoms with van der Waals surface area (Å²) in [6.45, 7) is 4.91. The Labute approximate surface area is 169 Å². The second kappa shape index (κ2) is 6.45. The lowest BCUT2D eigenvalue weighted by Crippen LogP contribution is -2.28. The molecule has 0 heterocycles. The van der Waals surface area contributed by atoms with Crippen molar-refractivity contribution in [1.82, 2.24) is 0 Å². The summed E-state index contributed by atoms with van der Waals surface area (Å²) in [6, 6.07) is 10.7. The summed E-state index contributed by atoms with van der Waals surface area (Å²) in [6.07, 6.45) is 4.69. The van der Waals surface area contributed by atoms with Crippen LogP contribution in [0.2, 0.25) is 0 Å². The van der Waals surface area contributed by atoms with Crippen LogP contribution < -0.4 is 0 Å². The molecule has 3 aromatic carbocycles. The number of aryl methyl sites for hydroxylation is 3. The predicted octanol–water partition coefficient (Wildman–Crippen LogP) is 4.96. The van der Waals surface area contributed by atoms with Gasteiger partial charge in [0.05, 0.1) is 0 Å². The molecule has 4 heteroatoms. The van der Waals surface area contributed by atoms with Gasteiger partial charge in [0.2, 0.25) is 0 Å². The highest BCUT2D eigenvalue weighted by molar-refractivity contribution is 6.11. The van der Waals surface area contributed by atoms with E-state index in [1.54, 1.807) is 0 Å². The Morgan fingerprint density at radius 2 is 1.72 bits per heavy atom. The Bertz CT molecular complexity index is 1240. The molecule has 2 atom stereocenters. The molecule has 0 aliphatic heterocycles. The Hall–Kier alpha value is -3.14. The first-order valence-electron chi connectivity index (χ1n) is 9.98. The monoisotopic (exact) mass is 386 g/mol. The number of fused-ring (bicyclic) bond motifs is 4. The van der Waals surface area contributed by atoms with Gasteiger partial charge in [0, 0.05) is 19.4 Å². The quantitative estimate of drug-likeness (QED) is 0.461. The second-order valence-electron chi connectivity index (χ2n) is 7.90. The smallest absolute Gasteiger partial charge is 0.303 e. The number of hydrogen-bond donors (Lipinski definition) is 0. The molecular formula is C25H22O4. The summed E-state index contributed by atoms with van der Waals surface area (Å²) in [4.78, 5) is 23.3. The molecular weight excluding hydrogens is 364 g/mol. The first-order chi connectivity index (χ1) is 14.0. The maximum atomic E-state index is 11.8. The molecule has 2 aliphatic rings. The number of ether oxygens (including phenoxy) is 2. The highest BCUT2D eigenvalue weighted by Gasteiger charge is 2.33. The van der Waals surface area contributed by atoms with Gasteiger partial charge < -0.3 is 9.47 Å². The van der Waals surface area contributed by atoms with Crippen LogP contribution in [0.5, 0.6) is 0 Å². The maximum absolute atomic E-state index is 11.8. The lowest BCUT2D eigenvalue weighted by Gasteiger charge is -2.30. The van der Waals surface area contributed by atoms with E-state index in [1.807, 2.05) is 18.2 Å². The Kier molecular flexibility index (Phi) is 3.98. The van der Waals surface area contributed by atoms with E-state index in [2.05, 4.69) is 31.2 Å². The molecule has 5 rings (SSSR count). The normalized spacial score (nSPS) is 19.4. The van der Waals surface area contributed by atoms with Crippen LogP contribution in [0.15, 0.2) is 36.4 Å². The molecule has 146 valence electrons. The highest BCUT2D eigenvalue weighted by atomic mass is 16.6. The molecule has 0 spiro atoms. The minimum Gasteiger partial charge on any atom is -0.454 e. The number of esters is 2. The Morgan fingerprint density at radius 3 is 2.48 bits per heavy atom. The molecule has 0 bridgehead atoms. The van der Waals surface area contributed by atoms with Gasteiger partial charge in [-0.05, 0) is 69.6 Å². The summed E-state index contributed by atoms with van der Waals surface area (Å²) in [7, 11) is 0. The molecule has 0 radical (unpaired) electrons. The first-order valence-corrected chi connectivity index (χ1v) is 9.98. The first kappa shape index (κ1) is 17.9. The summed E-state index contributed by atoms with van der Waals surface area (Å²) in [5, 5.41) is 5.14. The van der Waals surface area contributed by atoms with Crippen molar-refractivity contribution in [3.8, 4) is 0 Å². The largest absolute Gasteiger partial charge is 0.454 e. The van der Waals surface area contributed by atoms with Crippen molar-refractivity contribution in [1.29, 1.82) is 0 Å². The molecule has 0 aromatic heterocycles. The SMILES string of the molecule is CC(=O)O[C@H]1C=Cc2c(ccc3c4c5c(cccc5c(C)c23)CC4)[C@@H]1OC(C)=O. The van der Waals surface area contributed by atoms with Crippen LogP contribution in [0.1, 0.15) is 47.8 Å². The van der Waals surface area contributed by atoms with Crippen LogP contribution in [0.4, 0.5) is 0 Å². The third-order valence-corrected chi connectivity index (χ3v) is 6.13. The molecule has 0 unspecified atom stereocenters. The number of hydrogen-bond acceptors (Lipinski definition) is 4. The minimum atomic E-state index is -0.643.